The molecule has 0 saturated heterocycles. The molecule has 0 saturated carbocycles. The second kappa shape index (κ2) is 7.92. The van der Waals surface area contributed by atoms with Crippen LogP contribution in [0.15, 0.2) is 24.3 Å². The molecular formula is C13H21NO3. The summed E-state index contributed by atoms with van der Waals surface area (Å²) in [7, 11) is 3.24. The lowest BCUT2D eigenvalue weighted by Crippen LogP contribution is -2.23. The minimum absolute atomic E-state index is 0.241. The molecule has 0 heterocycles. The molecule has 0 aliphatic rings. The summed E-state index contributed by atoms with van der Waals surface area (Å²) in [6.07, 6.45) is 0.766. The summed E-state index contributed by atoms with van der Waals surface area (Å²) in [4.78, 5) is 0. The van der Waals surface area contributed by atoms with E-state index < -0.39 is 0 Å². The van der Waals surface area contributed by atoms with Crippen molar-refractivity contribution < 1.29 is 14.2 Å². The topological polar surface area (TPSA) is 39.7 Å². The van der Waals surface area contributed by atoms with Crippen molar-refractivity contribution in [3.8, 4) is 5.75 Å². The fourth-order valence-electron chi connectivity index (χ4n) is 1.38. The van der Waals surface area contributed by atoms with Crippen molar-refractivity contribution in [1.29, 1.82) is 0 Å². The Morgan fingerprint density at radius 2 is 2.00 bits per heavy atom. The van der Waals surface area contributed by atoms with Gasteiger partial charge >= 0.3 is 0 Å². The van der Waals surface area contributed by atoms with Gasteiger partial charge in [0.1, 0.15) is 5.75 Å². The fourth-order valence-corrected chi connectivity index (χ4v) is 1.38. The van der Waals surface area contributed by atoms with E-state index in [2.05, 4.69) is 12.2 Å². The highest BCUT2D eigenvalue weighted by Gasteiger charge is 2.04. The molecule has 0 spiro atoms. The van der Waals surface area contributed by atoms with Crippen LogP contribution < -0.4 is 10.1 Å². The van der Waals surface area contributed by atoms with Crippen LogP contribution in [0.25, 0.3) is 0 Å². The molecule has 0 amide bonds. The number of methoxy groups -OCH3 is 2. The largest absolute Gasteiger partial charge is 0.494 e. The maximum absolute atomic E-state index is 5.55. The van der Waals surface area contributed by atoms with Crippen molar-refractivity contribution in [2.75, 3.05) is 32.7 Å². The highest BCUT2D eigenvalue weighted by Crippen LogP contribution is 2.17. The average Bonchev–Trinajstić information content (AvgIpc) is 2.38. The number of benzene rings is 1. The minimum atomic E-state index is -0.241. The van der Waals surface area contributed by atoms with E-state index in [4.69, 9.17) is 14.2 Å². The first-order valence-electron chi connectivity index (χ1n) is 5.82. The van der Waals surface area contributed by atoms with Crippen LogP contribution in [0.5, 0.6) is 5.75 Å². The van der Waals surface area contributed by atoms with Gasteiger partial charge < -0.3 is 19.5 Å². The molecule has 0 atom stereocenters. The molecule has 1 aromatic carbocycles. The van der Waals surface area contributed by atoms with E-state index in [1.54, 1.807) is 14.2 Å². The zero-order valence-corrected chi connectivity index (χ0v) is 10.7. The highest BCUT2D eigenvalue weighted by atomic mass is 16.7. The Kier molecular flexibility index (Phi) is 6.43. The van der Waals surface area contributed by atoms with Crippen molar-refractivity contribution in [1.82, 2.24) is 0 Å². The first kappa shape index (κ1) is 13.8. The van der Waals surface area contributed by atoms with Crippen molar-refractivity contribution in [2.45, 2.75) is 19.6 Å². The summed E-state index contributed by atoms with van der Waals surface area (Å²) in [5.41, 5.74) is 0.998. The second-order valence-corrected chi connectivity index (χ2v) is 3.66. The van der Waals surface area contributed by atoms with Crippen LogP contribution in [0.2, 0.25) is 0 Å². The van der Waals surface area contributed by atoms with Gasteiger partial charge in [-0.15, -0.1) is 0 Å². The van der Waals surface area contributed by atoms with Gasteiger partial charge in [-0.1, -0.05) is 13.0 Å². The predicted octanol–water partition coefficient (Wildman–Crippen LogP) is 2.51. The maximum Gasteiger partial charge on any atom is 0.173 e. The second-order valence-electron chi connectivity index (χ2n) is 3.66. The van der Waals surface area contributed by atoms with Crippen molar-refractivity contribution >= 4 is 5.69 Å². The van der Waals surface area contributed by atoms with E-state index in [0.29, 0.717) is 6.54 Å². The number of nitrogens with one attached hydrogen (secondary N) is 1. The van der Waals surface area contributed by atoms with Gasteiger partial charge in [0.15, 0.2) is 6.29 Å². The van der Waals surface area contributed by atoms with E-state index in [-0.39, 0.29) is 6.29 Å². The molecule has 17 heavy (non-hydrogen) atoms. The van der Waals surface area contributed by atoms with E-state index in [0.717, 1.165) is 24.5 Å². The monoisotopic (exact) mass is 239 g/mol. The van der Waals surface area contributed by atoms with Crippen molar-refractivity contribution in [2.24, 2.45) is 0 Å². The number of ether oxygens (including phenoxy) is 3. The quantitative estimate of drug-likeness (QED) is 0.708. The molecule has 1 rings (SSSR count). The predicted molar refractivity (Wildman–Crippen MR) is 68.5 cm³/mol. The van der Waals surface area contributed by atoms with Gasteiger partial charge in [-0.2, -0.15) is 0 Å². The summed E-state index contributed by atoms with van der Waals surface area (Å²) in [5, 5.41) is 3.23. The third kappa shape index (κ3) is 5.06. The Morgan fingerprint density at radius 1 is 1.24 bits per heavy atom. The van der Waals surface area contributed by atoms with Gasteiger partial charge in [0.2, 0.25) is 0 Å². The van der Waals surface area contributed by atoms with Crippen LogP contribution >= 0.6 is 0 Å². The SMILES string of the molecule is CCCOc1cccc(NCC(OC)OC)c1. The van der Waals surface area contributed by atoms with E-state index in [1.165, 1.54) is 0 Å². The normalized spacial score (nSPS) is 10.6. The van der Waals surface area contributed by atoms with Crippen LogP contribution in [0, 0.1) is 0 Å². The molecule has 1 aromatic rings. The van der Waals surface area contributed by atoms with Crippen LogP contribution in [-0.2, 0) is 9.47 Å². The lowest BCUT2D eigenvalue weighted by atomic mass is 10.3. The first-order valence-corrected chi connectivity index (χ1v) is 5.82. The van der Waals surface area contributed by atoms with E-state index in [9.17, 15) is 0 Å². The molecule has 4 heteroatoms. The van der Waals surface area contributed by atoms with Gasteiger partial charge in [-0.3, -0.25) is 0 Å². The number of hydrogen-bond acceptors (Lipinski definition) is 4. The Morgan fingerprint density at radius 3 is 2.65 bits per heavy atom. The molecule has 0 fully saturated rings. The van der Waals surface area contributed by atoms with Gasteiger partial charge in [-0.05, 0) is 18.6 Å². The van der Waals surface area contributed by atoms with Crippen molar-refractivity contribution in [3.63, 3.8) is 0 Å². The first-order chi connectivity index (χ1) is 8.30. The van der Waals surface area contributed by atoms with E-state index >= 15 is 0 Å². The minimum Gasteiger partial charge on any atom is -0.494 e. The molecule has 0 radical (unpaired) electrons. The molecule has 0 bridgehead atoms. The summed E-state index contributed by atoms with van der Waals surface area (Å²) < 4.78 is 15.8. The molecular weight excluding hydrogens is 218 g/mol. The van der Waals surface area contributed by atoms with Gasteiger partial charge in [0.05, 0.1) is 13.2 Å². The van der Waals surface area contributed by atoms with Crippen LogP contribution in [0.4, 0.5) is 5.69 Å². The lowest BCUT2D eigenvalue weighted by Gasteiger charge is -2.15. The van der Waals surface area contributed by atoms with Gasteiger partial charge in [0.25, 0.3) is 0 Å². The molecule has 0 aliphatic carbocycles. The molecule has 0 unspecified atom stereocenters. The maximum atomic E-state index is 5.55. The Hall–Kier alpha value is -1.26. The average molecular weight is 239 g/mol. The standard InChI is InChI=1S/C13H21NO3/c1-4-8-17-12-7-5-6-11(9-12)14-10-13(15-2)16-3/h5-7,9,13-14H,4,8,10H2,1-3H3. The smallest absolute Gasteiger partial charge is 0.173 e. The summed E-state index contributed by atoms with van der Waals surface area (Å²) >= 11 is 0. The Bertz CT molecular complexity index is 313. The highest BCUT2D eigenvalue weighted by molar-refractivity contribution is 5.48. The molecule has 0 aromatic heterocycles. The number of rotatable bonds is 8. The zero-order chi connectivity index (χ0) is 12.5. The summed E-state index contributed by atoms with van der Waals surface area (Å²) in [6, 6.07) is 7.87. The van der Waals surface area contributed by atoms with Crippen LogP contribution in [0.3, 0.4) is 0 Å². The fraction of sp³-hybridized carbons (Fsp3) is 0.538. The third-order valence-corrected chi connectivity index (χ3v) is 2.31. The van der Waals surface area contributed by atoms with Gasteiger partial charge in [0, 0.05) is 26.0 Å². The van der Waals surface area contributed by atoms with Crippen LogP contribution in [0.1, 0.15) is 13.3 Å². The number of anilines is 1. The molecule has 4 nitrogen and oxygen atoms in total. The van der Waals surface area contributed by atoms with E-state index in [1.807, 2.05) is 24.3 Å². The zero-order valence-electron chi connectivity index (χ0n) is 10.7. The Balaban J connectivity index is 2.47. The summed E-state index contributed by atoms with van der Waals surface area (Å²) in [5.74, 6) is 0.878. The summed E-state index contributed by atoms with van der Waals surface area (Å²) in [6.45, 7) is 3.43. The third-order valence-electron chi connectivity index (χ3n) is 2.31. The van der Waals surface area contributed by atoms with Crippen molar-refractivity contribution in [3.05, 3.63) is 24.3 Å². The Labute approximate surface area is 103 Å². The lowest BCUT2D eigenvalue weighted by molar-refractivity contribution is -0.0914. The molecule has 0 aliphatic heterocycles. The van der Waals surface area contributed by atoms with Crippen LogP contribution in [-0.4, -0.2) is 33.7 Å². The molecule has 1 N–H and O–H groups in total. The number of hydrogen-bond donors (Lipinski definition) is 1. The molecule has 96 valence electrons. The van der Waals surface area contributed by atoms with Gasteiger partial charge in [-0.25, -0.2) is 0 Å².